The first kappa shape index (κ1) is 20.0. The summed E-state index contributed by atoms with van der Waals surface area (Å²) in [5, 5.41) is 2.81. The molecule has 0 saturated heterocycles. The molecule has 3 rings (SSSR count). The van der Waals surface area contributed by atoms with E-state index in [1.807, 2.05) is 6.92 Å². The van der Waals surface area contributed by atoms with E-state index in [9.17, 15) is 13.2 Å². The second-order valence-electron chi connectivity index (χ2n) is 7.33. The van der Waals surface area contributed by atoms with E-state index in [4.69, 9.17) is 9.47 Å². The minimum Gasteiger partial charge on any atom is -0.492 e. The summed E-state index contributed by atoms with van der Waals surface area (Å²) in [6.45, 7) is 7.72. The van der Waals surface area contributed by atoms with Crippen LogP contribution >= 0.6 is 0 Å². The van der Waals surface area contributed by atoms with E-state index in [2.05, 4.69) is 10.0 Å². The van der Waals surface area contributed by atoms with Gasteiger partial charge in [-0.25, -0.2) is 8.42 Å². The second kappa shape index (κ2) is 7.35. The summed E-state index contributed by atoms with van der Waals surface area (Å²) in [5.74, 6) is 0.551. The fourth-order valence-corrected chi connectivity index (χ4v) is 4.01. The van der Waals surface area contributed by atoms with Crippen LogP contribution in [0.1, 0.15) is 26.3 Å². The van der Waals surface area contributed by atoms with E-state index < -0.39 is 15.4 Å². The van der Waals surface area contributed by atoms with Gasteiger partial charge in [0.2, 0.25) is 5.91 Å². The van der Waals surface area contributed by atoms with Gasteiger partial charge in [-0.15, -0.1) is 0 Å². The highest BCUT2D eigenvalue weighted by Gasteiger charge is 2.32. The molecular weight excluding hydrogens is 380 g/mol. The van der Waals surface area contributed by atoms with E-state index in [1.165, 1.54) is 0 Å². The Morgan fingerprint density at radius 1 is 1.21 bits per heavy atom. The van der Waals surface area contributed by atoms with Crippen molar-refractivity contribution in [2.24, 2.45) is 5.41 Å². The Morgan fingerprint density at radius 2 is 1.96 bits per heavy atom. The van der Waals surface area contributed by atoms with Crippen molar-refractivity contribution in [3.63, 3.8) is 0 Å². The summed E-state index contributed by atoms with van der Waals surface area (Å²) in [5.41, 5.74) is 0.951. The average molecular weight is 404 g/mol. The van der Waals surface area contributed by atoms with Crippen LogP contribution in [0.2, 0.25) is 0 Å². The fourth-order valence-electron chi connectivity index (χ4n) is 2.73. The fraction of sp³-hybridized carbons (Fsp3) is 0.350. The zero-order valence-corrected chi connectivity index (χ0v) is 17.1. The molecular formula is C20H24N2O5S. The van der Waals surface area contributed by atoms with Crippen LogP contribution in [-0.2, 0) is 14.8 Å². The Balaban J connectivity index is 1.92. The third-order valence-electron chi connectivity index (χ3n) is 4.37. The number of carbonyl (C=O) groups excluding carboxylic acids is 1. The number of rotatable bonds is 5. The first-order valence-electron chi connectivity index (χ1n) is 8.97. The van der Waals surface area contributed by atoms with Gasteiger partial charge in [-0.3, -0.25) is 9.52 Å². The lowest BCUT2D eigenvalue weighted by Gasteiger charge is -2.18. The lowest BCUT2D eigenvalue weighted by molar-refractivity contribution is -0.124. The van der Waals surface area contributed by atoms with E-state index in [-0.39, 0.29) is 17.4 Å². The summed E-state index contributed by atoms with van der Waals surface area (Å²) in [4.78, 5) is 12.3. The summed E-state index contributed by atoms with van der Waals surface area (Å²) in [6, 6.07) is 9.76. The van der Waals surface area contributed by atoms with Crippen LogP contribution in [0.3, 0.4) is 0 Å². The molecule has 1 aliphatic heterocycles. The van der Waals surface area contributed by atoms with Gasteiger partial charge < -0.3 is 14.8 Å². The molecule has 0 unspecified atom stereocenters. The van der Waals surface area contributed by atoms with E-state index in [1.54, 1.807) is 57.2 Å². The minimum absolute atomic E-state index is 0.0691. The predicted molar refractivity (Wildman–Crippen MR) is 108 cm³/mol. The monoisotopic (exact) mass is 404 g/mol. The van der Waals surface area contributed by atoms with Crippen LogP contribution in [0, 0.1) is 12.3 Å². The molecule has 0 spiro atoms. The largest absolute Gasteiger partial charge is 0.492 e. The van der Waals surface area contributed by atoms with Gasteiger partial charge in [-0.05, 0) is 57.5 Å². The van der Waals surface area contributed by atoms with Crippen molar-refractivity contribution in [2.45, 2.75) is 32.6 Å². The average Bonchev–Trinajstić information content (AvgIpc) is 2.73. The summed E-state index contributed by atoms with van der Waals surface area (Å²) in [7, 11) is -3.88. The quantitative estimate of drug-likeness (QED) is 0.795. The Bertz CT molecular complexity index is 1020. The molecule has 2 N–H and O–H groups in total. The highest BCUT2D eigenvalue weighted by molar-refractivity contribution is 7.92. The standard InChI is InChI=1S/C20H24N2O5S/c1-5-26-16-9-6-13(2)10-18(16)28(24,25)22-14-7-8-15-17(11-14)27-12-20(3,4)19(23)21-15/h6-11,22H,5,12H2,1-4H3,(H,21,23). The van der Waals surface area contributed by atoms with Crippen molar-refractivity contribution in [1.82, 2.24) is 0 Å². The molecule has 1 aliphatic rings. The maximum absolute atomic E-state index is 12.9. The molecule has 0 fully saturated rings. The Hall–Kier alpha value is -2.74. The Kier molecular flexibility index (Phi) is 5.25. The number of ether oxygens (including phenoxy) is 2. The van der Waals surface area contributed by atoms with Crippen LogP contribution in [0.5, 0.6) is 11.5 Å². The normalized spacial score (nSPS) is 15.6. The number of carbonyl (C=O) groups is 1. The van der Waals surface area contributed by atoms with Gasteiger partial charge in [-0.1, -0.05) is 6.07 Å². The number of aryl methyl sites for hydroxylation is 1. The lowest BCUT2D eigenvalue weighted by Crippen LogP contribution is -2.33. The number of sulfonamides is 1. The number of hydrogen-bond donors (Lipinski definition) is 2. The SMILES string of the molecule is CCOc1ccc(C)cc1S(=O)(=O)Nc1ccc2c(c1)OCC(C)(C)C(=O)N2. The second-order valence-corrected chi connectivity index (χ2v) is 8.98. The van der Waals surface area contributed by atoms with Gasteiger partial charge in [0.1, 0.15) is 23.0 Å². The molecule has 0 atom stereocenters. The van der Waals surface area contributed by atoms with Crippen LogP contribution < -0.4 is 19.5 Å². The Labute approximate surface area is 165 Å². The number of benzene rings is 2. The highest BCUT2D eigenvalue weighted by atomic mass is 32.2. The van der Waals surface area contributed by atoms with Gasteiger partial charge in [0, 0.05) is 6.07 Å². The molecule has 1 amide bonds. The molecule has 2 aromatic rings. The van der Waals surface area contributed by atoms with Crippen LogP contribution in [0.15, 0.2) is 41.3 Å². The van der Waals surface area contributed by atoms with Crippen LogP contribution in [0.4, 0.5) is 11.4 Å². The molecule has 2 aromatic carbocycles. The lowest BCUT2D eigenvalue weighted by atomic mass is 9.94. The molecule has 0 aromatic heterocycles. The maximum atomic E-state index is 12.9. The number of hydrogen-bond acceptors (Lipinski definition) is 5. The molecule has 8 heteroatoms. The van der Waals surface area contributed by atoms with Gasteiger partial charge in [-0.2, -0.15) is 0 Å². The van der Waals surface area contributed by atoms with Gasteiger partial charge in [0.25, 0.3) is 10.0 Å². The number of amides is 1. The first-order chi connectivity index (χ1) is 13.1. The summed E-state index contributed by atoms with van der Waals surface area (Å²) < 4.78 is 39.6. The predicted octanol–water partition coefficient (Wildman–Crippen LogP) is 3.55. The number of fused-ring (bicyclic) bond motifs is 1. The van der Waals surface area contributed by atoms with Crippen molar-refractivity contribution in [3.05, 3.63) is 42.0 Å². The third kappa shape index (κ3) is 4.06. The smallest absolute Gasteiger partial charge is 0.265 e. The zero-order valence-electron chi connectivity index (χ0n) is 16.3. The maximum Gasteiger partial charge on any atom is 0.265 e. The number of nitrogens with one attached hydrogen (secondary N) is 2. The molecule has 150 valence electrons. The Morgan fingerprint density at radius 3 is 2.68 bits per heavy atom. The van der Waals surface area contributed by atoms with Gasteiger partial charge >= 0.3 is 0 Å². The van der Waals surface area contributed by atoms with Crippen LogP contribution in [-0.4, -0.2) is 27.5 Å². The van der Waals surface area contributed by atoms with E-state index in [0.717, 1.165) is 5.56 Å². The number of anilines is 2. The molecule has 1 heterocycles. The van der Waals surface area contributed by atoms with E-state index >= 15 is 0 Å². The van der Waals surface area contributed by atoms with Gasteiger partial charge in [0.05, 0.1) is 23.4 Å². The summed E-state index contributed by atoms with van der Waals surface area (Å²) in [6.07, 6.45) is 0. The third-order valence-corrected chi connectivity index (χ3v) is 5.78. The van der Waals surface area contributed by atoms with Crippen molar-refractivity contribution in [1.29, 1.82) is 0 Å². The molecule has 0 saturated carbocycles. The topological polar surface area (TPSA) is 93.7 Å². The van der Waals surface area contributed by atoms with Crippen molar-refractivity contribution in [3.8, 4) is 11.5 Å². The van der Waals surface area contributed by atoms with Crippen LogP contribution in [0.25, 0.3) is 0 Å². The minimum atomic E-state index is -3.88. The highest BCUT2D eigenvalue weighted by Crippen LogP contribution is 2.35. The molecule has 0 bridgehead atoms. The zero-order chi connectivity index (χ0) is 20.5. The molecule has 0 radical (unpaired) electrons. The molecule has 7 nitrogen and oxygen atoms in total. The van der Waals surface area contributed by atoms with Crippen molar-refractivity contribution in [2.75, 3.05) is 23.3 Å². The first-order valence-corrected chi connectivity index (χ1v) is 10.5. The van der Waals surface area contributed by atoms with Gasteiger partial charge in [0.15, 0.2) is 0 Å². The van der Waals surface area contributed by atoms with Crippen molar-refractivity contribution >= 4 is 27.3 Å². The molecule has 0 aliphatic carbocycles. The van der Waals surface area contributed by atoms with E-state index in [0.29, 0.717) is 29.5 Å². The summed E-state index contributed by atoms with van der Waals surface area (Å²) >= 11 is 0. The van der Waals surface area contributed by atoms with Crippen molar-refractivity contribution < 1.29 is 22.7 Å². The molecule has 28 heavy (non-hydrogen) atoms.